The van der Waals surface area contributed by atoms with Crippen molar-refractivity contribution in [3.05, 3.63) is 97.3 Å². The van der Waals surface area contributed by atoms with Crippen molar-refractivity contribution >= 4 is 133 Å². The molecule has 1 aromatic heterocycles. The number of nitrogens with zero attached hydrogens (tertiary/aromatic N) is 7. The molecule has 34 heteroatoms. The smallest absolute Gasteiger partial charge is 0.748 e. The number of halogens is 5. The second kappa shape index (κ2) is 25.0. The summed E-state index contributed by atoms with van der Waals surface area (Å²) < 4.78 is 144. The van der Waals surface area contributed by atoms with Gasteiger partial charge in [0.25, 0.3) is 20.2 Å². The van der Waals surface area contributed by atoms with Crippen molar-refractivity contribution in [2.24, 2.45) is 30.4 Å². The third kappa shape index (κ3) is 18.6. The van der Waals surface area contributed by atoms with E-state index >= 15 is 0 Å². The summed E-state index contributed by atoms with van der Waals surface area (Å²) in [6.45, 7) is -0.656. The van der Waals surface area contributed by atoms with Crippen LogP contribution in [-0.4, -0.2) is 91.6 Å². The molecule has 0 unspecified atom stereocenters. The van der Waals surface area contributed by atoms with Gasteiger partial charge in [-0.1, -0.05) is 46.4 Å². The predicted octanol–water partition coefficient (Wildman–Crippen LogP) is 1.43. The molecule has 0 fully saturated rings. The van der Waals surface area contributed by atoms with Gasteiger partial charge in [0.1, 0.15) is 44.0 Å². The normalized spacial score (nSPS) is 12.9. The summed E-state index contributed by atoms with van der Waals surface area (Å²) in [4.78, 5) is 17.0. The van der Waals surface area contributed by atoms with Crippen LogP contribution in [0.3, 0.4) is 0 Å². The Kier molecular flexibility index (Phi) is 21.9. The van der Waals surface area contributed by atoms with Gasteiger partial charge in [-0.15, -0.1) is 10.2 Å². The Morgan fingerprint density at radius 1 is 0.552 bits per heavy atom. The summed E-state index contributed by atoms with van der Waals surface area (Å²) in [6.07, 6.45) is -0.490. The third-order valence-electron chi connectivity index (χ3n) is 7.70. The van der Waals surface area contributed by atoms with Crippen LogP contribution in [-0.2, 0) is 40.5 Å². The van der Waals surface area contributed by atoms with Gasteiger partial charge in [0.2, 0.25) is 16.5 Å². The molecule has 348 valence electrons. The van der Waals surface area contributed by atoms with Crippen molar-refractivity contribution in [3.63, 3.8) is 0 Å². The summed E-state index contributed by atoms with van der Waals surface area (Å²) in [7, 11) is -18.6. The first-order valence-electron chi connectivity index (χ1n) is 17.4. The first-order chi connectivity index (χ1) is 30.2. The van der Waals surface area contributed by atoms with Gasteiger partial charge < -0.3 is 23.6 Å². The molecule has 0 aliphatic carbocycles. The molecule has 5 aromatic rings. The maximum Gasteiger partial charge on any atom is 1.00 e. The first kappa shape index (κ1) is 58.7. The molecule has 23 nitrogen and oxygen atoms in total. The Balaban J connectivity index is 0.00000595. The molecule has 0 saturated carbocycles. The number of ether oxygens (including phenoxy) is 2. The molecule has 0 spiro atoms. The van der Waals surface area contributed by atoms with E-state index in [1.165, 1.54) is 36.4 Å². The number of nitrogens with one attached hydrogen (secondary N) is 2. The fourth-order valence-electron chi connectivity index (χ4n) is 4.91. The van der Waals surface area contributed by atoms with Gasteiger partial charge in [-0.25, -0.2) is 26.8 Å². The number of rotatable bonds is 18. The number of aromatic nitrogens is 3. The van der Waals surface area contributed by atoms with E-state index in [2.05, 4.69) is 45.4 Å². The zero-order chi connectivity index (χ0) is 47.9. The molecule has 0 saturated heterocycles. The Bertz CT molecular complexity index is 3120. The first-order valence-corrected chi connectivity index (χ1v) is 25.3. The van der Waals surface area contributed by atoms with Crippen LogP contribution in [0.2, 0.25) is 25.4 Å². The maximum atomic E-state index is 11.7. The molecule has 0 amide bonds. The molecule has 0 aliphatic heterocycles. The topological polar surface area (TPSA) is 360 Å². The predicted molar refractivity (Wildman–Crippen MR) is 232 cm³/mol. The summed E-state index contributed by atoms with van der Waals surface area (Å²) in [5.74, 6) is -1.75. The van der Waals surface area contributed by atoms with Gasteiger partial charge >= 0.3 is 59.1 Å². The van der Waals surface area contributed by atoms with E-state index < -0.39 is 61.8 Å². The summed E-state index contributed by atoms with van der Waals surface area (Å²) >= 11 is 31.0. The van der Waals surface area contributed by atoms with Crippen molar-refractivity contribution in [2.75, 3.05) is 24.7 Å². The number of hydrogen-bond donors (Lipinski definition) is 4. The second-order valence-corrected chi connectivity index (χ2v) is 20.4. The summed E-state index contributed by atoms with van der Waals surface area (Å²) in [5, 5.41) is 14.8. The quantitative estimate of drug-likeness (QED) is 0.0417. The van der Waals surface area contributed by atoms with E-state index in [1.54, 1.807) is 0 Å². The third-order valence-corrected chi connectivity index (χ3v) is 12.7. The molecule has 0 bridgehead atoms. The molecule has 67 heavy (non-hydrogen) atoms. The zero-order valence-corrected chi connectivity index (χ0v) is 45.0. The fourth-order valence-corrected chi connectivity index (χ4v) is 8.41. The molecule has 4 N–H and O–H groups in total. The minimum Gasteiger partial charge on any atom is -0.748 e. The second-order valence-electron chi connectivity index (χ2n) is 12.6. The van der Waals surface area contributed by atoms with E-state index in [0.29, 0.717) is 0 Å². The van der Waals surface area contributed by atoms with E-state index in [9.17, 15) is 51.9 Å². The van der Waals surface area contributed by atoms with Gasteiger partial charge in [-0.05, 0) is 73.0 Å². The SMILES string of the molecule is O=S(=O)([O-])CCCOc1cc(N=Nc2ccc(Cl)c(S(=O)(=O)O)c2)c(Cl)cc1N=c1nc(Cl)[nH]c(=Nc2cc(Cl)c(N=Nc3ccc(Cl)c(S(=O)(=O)O)c3)cc2OCCCS(=O)(=O)[O-])[nH]1.[Na+].[Na+]. The van der Waals surface area contributed by atoms with Crippen LogP contribution in [0, 0.1) is 0 Å². The zero-order valence-electron chi connectivity index (χ0n) is 34.0. The Morgan fingerprint density at radius 2 is 0.970 bits per heavy atom. The number of azo groups is 2. The van der Waals surface area contributed by atoms with Gasteiger partial charge in [0.05, 0.1) is 64.9 Å². The van der Waals surface area contributed by atoms with Gasteiger partial charge in [0, 0.05) is 23.6 Å². The summed E-state index contributed by atoms with van der Waals surface area (Å²) in [6, 6.07) is 11.7. The Labute approximate surface area is 449 Å². The average Bonchev–Trinajstić information content (AvgIpc) is 3.17. The van der Waals surface area contributed by atoms with Crippen LogP contribution in [0.15, 0.2) is 101 Å². The Morgan fingerprint density at radius 3 is 1.37 bits per heavy atom. The van der Waals surface area contributed by atoms with Crippen LogP contribution in [0.5, 0.6) is 11.5 Å². The average molecular weight is 1120 g/mol. The van der Waals surface area contributed by atoms with Crippen LogP contribution in [0.25, 0.3) is 0 Å². The van der Waals surface area contributed by atoms with E-state index in [1.807, 2.05) is 0 Å². The van der Waals surface area contributed by atoms with Gasteiger partial charge in [-0.2, -0.15) is 32.0 Å². The van der Waals surface area contributed by atoms with Gasteiger partial charge in [0.15, 0.2) is 0 Å². The van der Waals surface area contributed by atoms with Crippen LogP contribution < -0.4 is 79.8 Å². The largest absolute Gasteiger partial charge is 1.00 e. The van der Waals surface area contributed by atoms with E-state index in [0.717, 1.165) is 24.3 Å². The van der Waals surface area contributed by atoms with Crippen molar-refractivity contribution in [1.29, 1.82) is 0 Å². The Hall–Kier alpha value is -2.62. The molecule has 5 rings (SSSR count). The molecular formula is C33H26Cl5N9Na2O14S4. The van der Waals surface area contributed by atoms with Gasteiger partial charge in [-0.3, -0.25) is 14.1 Å². The molecule has 0 atom stereocenters. The van der Waals surface area contributed by atoms with Crippen LogP contribution in [0.4, 0.5) is 34.1 Å². The molecule has 0 aliphatic rings. The molecular weight excluding hydrogens is 1100 g/mol. The number of aromatic amines is 2. The number of benzene rings is 4. The van der Waals surface area contributed by atoms with Crippen molar-refractivity contribution in [2.45, 2.75) is 22.6 Å². The molecule has 4 aromatic carbocycles. The van der Waals surface area contributed by atoms with E-state index in [-0.39, 0.29) is 167 Å². The van der Waals surface area contributed by atoms with Crippen molar-refractivity contribution in [1.82, 2.24) is 15.0 Å². The minimum absolute atomic E-state index is 0. The number of hydrogen-bond acceptors (Lipinski definition) is 19. The van der Waals surface area contributed by atoms with Crippen molar-refractivity contribution < 1.29 is 120 Å². The van der Waals surface area contributed by atoms with Crippen LogP contribution >= 0.6 is 58.0 Å². The maximum absolute atomic E-state index is 11.7. The van der Waals surface area contributed by atoms with E-state index in [4.69, 9.17) is 67.5 Å². The monoisotopic (exact) mass is 1120 g/mol. The minimum atomic E-state index is -4.72. The molecule has 0 radical (unpaired) electrons. The standard InChI is InChI=1S/C33H28Cl5N9O14S4.2Na/c34-19-5-3-17(11-29(19)64(54,55)56)44-46-23-15-27(60-7-1-9-62(48,49)50)25(13-21(23)36)39-32-41-31(38)42-33(43-32)40-26-14-22(37)24(16-28(26)61-8-2-10-63(51,52)53)47-45-18-4-6-20(35)30(12-18)65(57,58)59;;/h3-6,11-16H,1-2,7-10H2,(H,48,49,50)(H,51,52,53)(H,54,55,56)(H,57,58,59)(H2,39,40,41,42,43);;/q;2*+1/p-2. The summed E-state index contributed by atoms with van der Waals surface area (Å²) in [5.41, 5.74) is -0.866. The molecule has 1 heterocycles. The van der Waals surface area contributed by atoms with Crippen LogP contribution in [0.1, 0.15) is 12.8 Å². The number of H-pyrrole nitrogens is 2. The van der Waals surface area contributed by atoms with Crippen molar-refractivity contribution in [3.8, 4) is 11.5 Å². The fraction of sp³-hybridized carbons (Fsp3) is 0.182.